The van der Waals surface area contributed by atoms with Gasteiger partial charge in [-0.05, 0) is 74.9 Å². The van der Waals surface area contributed by atoms with Crippen LogP contribution in [0.4, 0.5) is 0 Å². The van der Waals surface area contributed by atoms with E-state index < -0.39 is 0 Å². The minimum atomic E-state index is 0.288. The fourth-order valence-corrected chi connectivity index (χ4v) is 2.68. The van der Waals surface area contributed by atoms with E-state index in [9.17, 15) is 0 Å². The summed E-state index contributed by atoms with van der Waals surface area (Å²) in [4.78, 5) is 0. The molecule has 1 aromatic rings. The highest BCUT2D eigenvalue weighted by atomic mass is 79.9. The van der Waals surface area contributed by atoms with Crippen molar-refractivity contribution in [3.8, 4) is 0 Å². The Morgan fingerprint density at radius 1 is 1.22 bits per heavy atom. The van der Waals surface area contributed by atoms with Crippen molar-refractivity contribution in [3.63, 3.8) is 0 Å². The molecule has 0 heterocycles. The molecule has 0 saturated carbocycles. The highest BCUT2D eigenvalue weighted by Crippen LogP contribution is 2.23. The predicted molar refractivity (Wildman–Crippen MR) is 83.6 cm³/mol. The van der Waals surface area contributed by atoms with Crippen LogP contribution in [0.2, 0.25) is 0 Å². The molecule has 0 fully saturated rings. The lowest BCUT2D eigenvalue weighted by Gasteiger charge is -2.15. The number of rotatable bonds is 8. The van der Waals surface area contributed by atoms with E-state index in [1.54, 1.807) is 0 Å². The fraction of sp³-hybridized carbons (Fsp3) is 0.571. The van der Waals surface area contributed by atoms with Gasteiger partial charge < -0.3 is 10.4 Å². The number of aliphatic hydroxyl groups is 1. The Balaban J connectivity index is 2.37. The van der Waals surface area contributed by atoms with E-state index in [-0.39, 0.29) is 6.61 Å². The Kier molecular flexibility index (Phi) is 8.15. The van der Waals surface area contributed by atoms with Gasteiger partial charge in [-0.25, -0.2) is 0 Å². The molecule has 1 unspecified atom stereocenters. The standard InChI is InChI=1S/C14H21Br2NO/c1-2-3-11(6-7-18)9-17-10-12-4-5-13(15)14(16)8-12/h4-5,8,11,17-18H,2-3,6-7,9-10H2,1H3. The number of halogens is 2. The number of hydrogen-bond acceptors (Lipinski definition) is 2. The lowest BCUT2D eigenvalue weighted by atomic mass is 10.0. The van der Waals surface area contributed by atoms with Gasteiger partial charge in [-0.3, -0.25) is 0 Å². The molecule has 2 N–H and O–H groups in total. The Labute approximate surface area is 126 Å². The minimum Gasteiger partial charge on any atom is -0.396 e. The van der Waals surface area contributed by atoms with Gasteiger partial charge in [0, 0.05) is 22.1 Å². The van der Waals surface area contributed by atoms with Crippen LogP contribution >= 0.6 is 31.9 Å². The van der Waals surface area contributed by atoms with Gasteiger partial charge in [-0.15, -0.1) is 0 Å². The molecule has 0 bridgehead atoms. The zero-order chi connectivity index (χ0) is 13.4. The maximum Gasteiger partial charge on any atom is 0.0434 e. The molecule has 1 rings (SSSR count). The van der Waals surface area contributed by atoms with E-state index in [0.717, 1.165) is 28.5 Å². The zero-order valence-corrected chi connectivity index (χ0v) is 13.9. The quantitative estimate of drug-likeness (QED) is 0.713. The van der Waals surface area contributed by atoms with Crippen LogP contribution in [0.25, 0.3) is 0 Å². The Morgan fingerprint density at radius 2 is 2.00 bits per heavy atom. The largest absolute Gasteiger partial charge is 0.396 e. The zero-order valence-electron chi connectivity index (χ0n) is 10.8. The van der Waals surface area contributed by atoms with E-state index in [1.165, 1.54) is 18.4 Å². The van der Waals surface area contributed by atoms with Gasteiger partial charge in [0.05, 0.1) is 0 Å². The summed E-state index contributed by atoms with van der Waals surface area (Å²) in [6.45, 7) is 4.33. The summed E-state index contributed by atoms with van der Waals surface area (Å²) in [5.74, 6) is 0.582. The molecule has 0 aromatic heterocycles. The average molecular weight is 379 g/mol. The summed E-state index contributed by atoms with van der Waals surface area (Å²) in [5.41, 5.74) is 1.27. The van der Waals surface area contributed by atoms with Crippen LogP contribution in [-0.2, 0) is 6.54 Å². The molecule has 0 aliphatic rings. The van der Waals surface area contributed by atoms with Crippen LogP contribution in [0.15, 0.2) is 27.1 Å². The van der Waals surface area contributed by atoms with Crippen molar-refractivity contribution in [2.75, 3.05) is 13.2 Å². The molecular weight excluding hydrogens is 358 g/mol. The minimum absolute atomic E-state index is 0.288. The van der Waals surface area contributed by atoms with Gasteiger partial charge in [0.25, 0.3) is 0 Å². The number of aliphatic hydroxyl groups excluding tert-OH is 1. The van der Waals surface area contributed by atoms with Gasteiger partial charge in [0.2, 0.25) is 0 Å². The van der Waals surface area contributed by atoms with Crippen molar-refractivity contribution in [2.45, 2.75) is 32.7 Å². The Morgan fingerprint density at radius 3 is 2.61 bits per heavy atom. The average Bonchev–Trinajstić information content (AvgIpc) is 2.34. The van der Waals surface area contributed by atoms with Crippen molar-refractivity contribution in [2.24, 2.45) is 5.92 Å². The van der Waals surface area contributed by atoms with E-state index >= 15 is 0 Å². The smallest absolute Gasteiger partial charge is 0.0434 e. The number of nitrogens with one attached hydrogen (secondary N) is 1. The van der Waals surface area contributed by atoms with Gasteiger partial charge in [0.1, 0.15) is 0 Å². The lowest BCUT2D eigenvalue weighted by Crippen LogP contribution is -2.23. The summed E-state index contributed by atoms with van der Waals surface area (Å²) < 4.78 is 2.16. The molecule has 1 atom stereocenters. The first-order chi connectivity index (χ1) is 8.67. The van der Waals surface area contributed by atoms with Crippen molar-refractivity contribution in [3.05, 3.63) is 32.7 Å². The summed E-state index contributed by atoms with van der Waals surface area (Å²) >= 11 is 6.98. The molecule has 102 valence electrons. The molecule has 0 spiro atoms. The van der Waals surface area contributed by atoms with Crippen molar-refractivity contribution in [1.29, 1.82) is 0 Å². The molecule has 2 nitrogen and oxygen atoms in total. The van der Waals surface area contributed by atoms with Gasteiger partial charge >= 0.3 is 0 Å². The van der Waals surface area contributed by atoms with Crippen LogP contribution in [0.5, 0.6) is 0 Å². The monoisotopic (exact) mass is 377 g/mol. The third-order valence-electron chi connectivity index (χ3n) is 2.98. The van der Waals surface area contributed by atoms with Gasteiger partial charge in [-0.1, -0.05) is 19.4 Å². The van der Waals surface area contributed by atoms with Gasteiger partial charge in [0.15, 0.2) is 0 Å². The SMILES string of the molecule is CCCC(CCO)CNCc1ccc(Br)c(Br)c1. The maximum atomic E-state index is 9.01. The highest BCUT2D eigenvalue weighted by Gasteiger charge is 2.06. The molecule has 1 aromatic carbocycles. The second kappa shape index (κ2) is 9.08. The number of benzene rings is 1. The summed E-state index contributed by atoms with van der Waals surface area (Å²) in [7, 11) is 0. The first-order valence-corrected chi connectivity index (χ1v) is 8.01. The first-order valence-electron chi connectivity index (χ1n) is 6.42. The third kappa shape index (κ3) is 5.83. The first kappa shape index (κ1) is 16.2. The van der Waals surface area contributed by atoms with Crippen LogP contribution in [-0.4, -0.2) is 18.3 Å². The summed E-state index contributed by atoms with van der Waals surface area (Å²) in [5, 5.41) is 12.5. The molecule has 0 radical (unpaired) electrons. The fourth-order valence-electron chi connectivity index (χ4n) is 2.01. The molecule has 0 aliphatic carbocycles. The number of hydrogen-bond donors (Lipinski definition) is 2. The van der Waals surface area contributed by atoms with Crippen LogP contribution < -0.4 is 5.32 Å². The molecule has 0 saturated heterocycles. The van der Waals surface area contributed by atoms with E-state index in [2.05, 4.69) is 62.3 Å². The van der Waals surface area contributed by atoms with Crippen molar-refractivity contribution >= 4 is 31.9 Å². The van der Waals surface area contributed by atoms with Crippen LogP contribution in [0.1, 0.15) is 31.7 Å². The van der Waals surface area contributed by atoms with Crippen LogP contribution in [0, 0.1) is 5.92 Å². The maximum absolute atomic E-state index is 9.01. The topological polar surface area (TPSA) is 32.3 Å². The molecule has 4 heteroatoms. The molecule has 18 heavy (non-hydrogen) atoms. The summed E-state index contributed by atoms with van der Waals surface area (Å²) in [6, 6.07) is 6.29. The van der Waals surface area contributed by atoms with Crippen LogP contribution in [0.3, 0.4) is 0 Å². The van der Waals surface area contributed by atoms with E-state index in [1.807, 2.05) is 0 Å². The lowest BCUT2D eigenvalue weighted by molar-refractivity contribution is 0.248. The molecule has 0 aliphatic heterocycles. The second-order valence-electron chi connectivity index (χ2n) is 4.55. The molecule has 0 amide bonds. The van der Waals surface area contributed by atoms with Crippen molar-refractivity contribution < 1.29 is 5.11 Å². The Bertz CT molecular complexity index is 352. The second-order valence-corrected chi connectivity index (χ2v) is 6.26. The van der Waals surface area contributed by atoms with E-state index in [0.29, 0.717) is 5.92 Å². The highest BCUT2D eigenvalue weighted by molar-refractivity contribution is 9.13. The van der Waals surface area contributed by atoms with Gasteiger partial charge in [-0.2, -0.15) is 0 Å². The Hall–Kier alpha value is 0.1000. The van der Waals surface area contributed by atoms with E-state index in [4.69, 9.17) is 5.11 Å². The molecular formula is C14H21Br2NO. The predicted octanol–water partition coefficient (Wildman–Crippen LogP) is 4.10. The summed E-state index contributed by atoms with van der Waals surface area (Å²) in [6.07, 6.45) is 3.25. The normalized spacial score (nSPS) is 12.7. The third-order valence-corrected chi connectivity index (χ3v) is 4.86. The van der Waals surface area contributed by atoms with Crippen molar-refractivity contribution in [1.82, 2.24) is 5.32 Å².